The summed E-state index contributed by atoms with van der Waals surface area (Å²) < 4.78 is 18.4. The second-order valence-corrected chi connectivity index (χ2v) is 4.62. The van der Waals surface area contributed by atoms with E-state index in [1.165, 1.54) is 19.2 Å². The number of hydrogen-bond acceptors (Lipinski definition) is 2. The Morgan fingerprint density at radius 2 is 1.90 bits per heavy atom. The van der Waals surface area contributed by atoms with Gasteiger partial charge in [-0.25, -0.2) is 4.39 Å². The van der Waals surface area contributed by atoms with E-state index in [4.69, 9.17) is 4.74 Å². The number of aryl methyl sites for hydroxylation is 2. The monoisotopic (exact) mass is 273 g/mol. The predicted octanol–water partition coefficient (Wildman–Crippen LogP) is 3.70. The van der Waals surface area contributed by atoms with Crippen LogP contribution in [0.1, 0.15) is 21.5 Å². The number of amides is 1. The first-order valence-corrected chi connectivity index (χ1v) is 6.23. The minimum Gasteiger partial charge on any atom is -0.494 e. The lowest BCUT2D eigenvalue weighted by atomic mass is 10.1. The van der Waals surface area contributed by atoms with Crippen molar-refractivity contribution in [2.75, 3.05) is 12.4 Å². The van der Waals surface area contributed by atoms with Gasteiger partial charge in [0, 0.05) is 11.3 Å². The molecule has 1 amide bonds. The highest BCUT2D eigenvalue weighted by Crippen LogP contribution is 2.20. The maximum atomic E-state index is 13.6. The zero-order valence-electron chi connectivity index (χ0n) is 11.7. The first-order valence-electron chi connectivity index (χ1n) is 6.23. The van der Waals surface area contributed by atoms with Gasteiger partial charge in [0.2, 0.25) is 0 Å². The molecule has 3 nitrogen and oxygen atoms in total. The molecule has 0 radical (unpaired) electrons. The normalized spacial score (nSPS) is 10.2. The van der Waals surface area contributed by atoms with Gasteiger partial charge in [-0.15, -0.1) is 0 Å². The van der Waals surface area contributed by atoms with Gasteiger partial charge < -0.3 is 10.1 Å². The van der Waals surface area contributed by atoms with Gasteiger partial charge in [0.25, 0.3) is 5.91 Å². The Labute approximate surface area is 117 Å². The topological polar surface area (TPSA) is 38.3 Å². The van der Waals surface area contributed by atoms with Gasteiger partial charge >= 0.3 is 0 Å². The molecule has 0 unspecified atom stereocenters. The summed E-state index contributed by atoms with van der Waals surface area (Å²) in [5.41, 5.74) is 3.06. The molecular formula is C16H16FNO2. The average molecular weight is 273 g/mol. The summed E-state index contributed by atoms with van der Waals surface area (Å²) in [5, 5.41) is 2.77. The lowest BCUT2D eigenvalue weighted by Gasteiger charge is -2.10. The summed E-state index contributed by atoms with van der Waals surface area (Å²) in [6.07, 6.45) is 0. The van der Waals surface area contributed by atoms with Crippen LogP contribution in [0.15, 0.2) is 36.4 Å². The molecule has 2 aromatic carbocycles. The number of nitrogens with one attached hydrogen (secondary N) is 1. The molecule has 0 aliphatic rings. The summed E-state index contributed by atoms with van der Waals surface area (Å²) in [5.74, 6) is -0.785. The van der Waals surface area contributed by atoms with Crippen LogP contribution < -0.4 is 10.1 Å². The number of carbonyl (C=O) groups is 1. The van der Waals surface area contributed by atoms with Crippen LogP contribution in [0, 0.1) is 19.7 Å². The molecule has 0 atom stereocenters. The summed E-state index contributed by atoms with van der Waals surface area (Å²) in [6, 6.07) is 9.86. The van der Waals surface area contributed by atoms with Gasteiger partial charge in [-0.3, -0.25) is 4.79 Å². The van der Waals surface area contributed by atoms with Crippen LogP contribution in [0.5, 0.6) is 5.75 Å². The Bertz CT molecular complexity index is 653. The number of anilines is 1. The van der Waals surface area contributed by atoms with Crippen molar-refractivity contribution in [1.82, 2.24) is 0 Å². The van der Waals surface area contributed by atoms with Gasteiger partial charge in [0.05, 0.1) is 7.11 Å². The van der Waals surface area contributed by atoms with Gasteiger partial charge in [0.15, 0.2) is 11.6 Å². The zero-order valence-corrected chi connectivity index (χ0v) is 11.7. The van der Waals surface area contributed by atoms with E-state index in [1.807, 2.05) is 32.0 Å². The third kappa shape index (κ3) is 2.96. The highest BCUT2D eigenvalue weighted by Gasteiger charge is 2.11. The standard InChI is InChI=1S/C16H16FNO2/c1-10-4-6-14(11(2)8-10)18-16(19)12-5-7-15(20-3)13(17)9-12/h4-9H,1-3H3,(H,18,19). The van der Waals surface area contributed by atoms with Crippen LogP contribution in [0.3, 0.4) is 0 Å². The molecule has 104 valence electrons. The number of rotatable bonds is 3. The molecule has 0 fully saturated rings. The van der Waals surface area contributed by atoms with Crippen molar-refractivity contribution in [3.63, 3.8) is 0 Å². The molecule has 0 saturated carbocycles. The lowest BCUT2D eigenvalue weighted by Crippen LogP contribution is -2.13. The van der Waals surface area contributed by atoms with Gasteiger partial charge in [-0.1, -0.05) is 17.7 Å². The molecule has 0 saturated heterocycles. The average Bonchev–Trinajstić information content (AvgIpc) is 2.41. The molecule has 4 heteroatoms. The first-order chi connectivity index (χ1) is 9.51. The van der Waals surface area contributed by atoms with Gasteiger partial charge in [-0.2, -0.15) is 0 Å². The smallest absolute Gasteiger partial charge is 0.255 e. The van der Waals surface area contributed by atoms with Gasteiger partial charge in [0.1, 0.15) is 0 Å². The van der Waals surface area contributed by atoms with E-state index in [0.717, 1.165) is 22.9 Å². The second kappa shape index (κ2) is 5.74. The van der Waals surface area contributed by atoms with Gasteiger partial charge in [-0.05, 0) is 43.7 Å². The third-order valence-corrected chi connectivity index (χ3v) is 3.04. The molecule has 0 bridgehead atoms. The van der Waals surface area contributed by atoms with E-state index in [2.05, 4.69) is 5.32 Å². The molecule has 0 aliphatic heterocycles. The van der Waals surface area contributed by atoms with Crippen molar-refractivity contribution >= 4 is 11.6 Å². The molecule has 0 heterocycles. The van der Waals surface area contributed by atoms with Crippen LogP contribution >= 0.6 is 0 Å². The van der Waals surface area contributed by atoms with Crippen LogP contribution in [0.25, 0.3) is 0 Å². The van der Waals surface area contributed by atoms with E-state index in [-0.39, 0.29) is 17.2 Å². The summed E-state index contributed by atoms with van der Waals surface area (Å²) >= 11 is 0. The molecule has 20 heavy (non-hydrogen) atoms. The number of ether oxygens (including phenoxy) is 1. The van der Waals surface area contributed by atoms with Crippen molar-refractivity contribution in [3.8, 4) is 5.75 Å². The van der Waals surface area contributed by atoms with Crippen LogP contribution in [0.2, 0.25) is 0 Å². The predicted molar refractivity (Wildman–Crippen MR) is 76.8 cm³/mol. The van der Waals surface area contributed by atoms with E-state index >= 15 is 0 Å². The minimum atomic E-state index is -0.555. The third-order valence-electron chi connectivity index (χ3n) is 3.04. The molecular weight excluding hydrogens is 257 g/mol. The number of halogens is 1. The highest BCUT2D eigenvalue weighted by molar-refractivity contribution is 6.04. The lowest BCUT2D eigenvalue weighted by molar-refractivity contribution is 0.102. The summed E-state index contributed by atoms with van der Waals surface area (Å²) in [7, 11) is 1.38. The number of benzene rings is 2. The maximum absolute atomic E-state index is 13.6. The largest absolute Gasteiger partial charge is 0.494 e. The highest BCUT2D eigenvalue weighted by atomic mass is 19.1. The second-order valence-electron chi connectivity index (χ2n) is 4.62. The van der Waals surface area contributed by atoms with Crippen molar-refractivity contribution < 1.29 is 13.9 Å². The molecule has 0 aromatic heterocycles. The zero-order chi connectivity index (χ0) is 14.7. The Hall–Kier alpha value is -2.36. The Kier molecular flexibility index (Phi) is 4.03. The van der Waals surface area contributed by atoms with Crippen molar-refractivity contribution in [1.29, 1.82) is 0 Å². The van der Waals surface area contributed by atoms with Crippen LogP contribution in [0.4, 0.5) is 10.1 Å². The minimum absolute atomic E-state index is 0.119. The van der Waals surface area contributed by atoms with Crippen molar-refractivity contribution in [2.24, 2.45) is 0 Å². The Morgan fingerprint density at radius 3 is 2.50 bits per heavy atom. The van der Waals surface area contributed by atoms with E-state index in [0.29, 0.717) is 0 Å². The molecule has 1 N–H and O–H groups in total. The number of carbonyl (C=O) groups excluding carboxylic acids is 1. The Balaban J connectivity index is 2.21. The quantitative estimate of drug-likeness (QED) is 0.926. The molecule has 2 rings (SSSR count). The van der Waals surface area contributed by atoms with Crippen LogP contribution in [-0.4, -0.2) is 13.0 Å². The van der Waals surface area contributed by atoms with Crippen molar-refractivity contribution in [3.05, 3.63) is 58.9 Å². The molecule has 0 spiro atoms. The summed E-state index contributed by atoms with van der Waals surface area (Å²) in [6.45, 7) is 3.90. The van der Waals surface area contributed by atoms with E-state index in [9.17, 15) is 9.18 Å². The molecule has 2 aromatic rings. The van der Waals surface area contributed by atoms with Crippen LogP contribution in [-0.2, 0) is 0 Å². The van der Waals surface area contributed by atoms with E-state index in [1.54, 1.807) is 0 Å². The van der Waals surface area contributed by atoms with Crippen molar-refractivity contribution in [2.45, 2.75) is 13.8 Å². The fourth-order valence-corrected chi connectivity index (χ4v) is 1.96. The number of hydrogen-bond donors (Lipinski definition) is 1. The fourth-order valence-electron chi connectivity index (χ4n) is 1.96. The number of methoxy groups -OCH3 is 1. The summed E-state index contributed by atoms with van der Waals surface area (Å²) in [4.78, 5) is 12.1. The maximum Gasteiger partial charge on any atom is 0.255 e. The Morgan fingerprint density at radius 1 is 1.15 bits per heavy atom. The first kappa shape index (κ1) is 14.1. The molecule has 0 aliphatic carbocycles. The fraction of sp³-hybridized carbons (Fsp3) is 0.188. The van der Waals surface area contributed by atoms with E-state index < -0.39 is 5.82 Å². The SMILES string of the molecule is COc1ccc(C(=O)Nc2ccc(C)cc2C)cc1F.